The Morgan fingerprint density at radius 1 is 1.42 bits per heavy atom. The number of ketones is 1. The molecule has 1 aromatic heterocycles. The SMILES string of the molecule is Cc1ccccc1C(=O)CSc1ncc(CO)n1C. The Balaban J connectivity index is 2.05. The van der Waals surface area contributed by atoms with Crippen molar-refractivity contribution >= 4 is 17.5 Å². The number of Topliss-reactive ketones (excluding diaryl/α,β-unsaturated/α-hetero) is 1. The van der Waals surface area contributed by atoms with Crippen LogP contribution in [0.1, 0.15) is 21.6 Å². The van der Waals surface area contributed by atoms with E-state index in [1.807, 2.05) is 38.2 Å². The summed E-state index contributed by atoms with van der Waals surface area (Å²) in [6.45, 7) is 1.89. The second kappa shape index (κ2) is 6.04. The molecule has 0 bridgehead atoms. The summed E-state index contributed by atoms with van der Waals surface area (Å²) in [5.74, 6) is 0.442. The predicted octanol–water partition coefficient (Wildman–Crippen LogP) is 2.20. The van der Waals surface area contributed by atoms with Crippen LogP contribution in [-0.4, -0.2) is 26.2 Å². The van der Waals surface area contributed by atoms with E-state index in [1.165, 1.54) is 11.8 Å². The lowest BCUT2D eigenvalue weighted by Gasteiger charge is -2.05. The molecule has 2 aromatic rings. The number of hydrogen-bond donors (Lipinski definition) is 1. The van der Waals surface area contributed by atoms with Crippen LogP contribution in [0, 0.1) is 6.92 Å². The van der Waals surface area contributed by atoms with Crippen LogP contribution in [0.4, 0.5) is 0 Å². The van der Waals surface area contributed by atoms with Crippen molar-refractivity contribution in [2.24, 2.45) is 7.05 Å². The Morgan fingerprint density at radius 3 is 2.79 bits per heavy atom. The second-order valence-corrected chi connectivity index (χ2v) is 5.22. The quantitative estimate of drug-likeness (QED) is 0.672. The molecule has 0 atom stereocenters. The summed E-state index contributed by atoms with van der Waals surface area (Å²) in [6.07, 6.45) is 1.63. The standard InChI is InChI=1S/C14H16N2O2S/c1-10-5-3-4-6-12(10)13(18)9-19-14-15-7-11(8-17)16(14)2/h3-7,17H,8-9H2,1-2H3. The molecule has 2 rings (SSSR count). The van der Waals surface area contributed by atoms with Gasteiger partial charge in [0.05, 0.1) is 24.3 Å². The molecular formula is C14H16N2O2S. The van der Waals surface area contributed by atoms with Gasteiger partial charge in [0.25, 0.3) is 0 Å². The molecule has 0 saturated carbocycles. The molecule has 0 unspecified atom stereocenters. The summed E-state index contributed by atoms with van der Waals surface area (Å²) >= 11 is 1.39. The number of aromatic nitrogens is 2. The molecule has 0 aliphatic carbocycles. The largest absolute Gasteiger partial charge is 0.390 e. The van der Waals surface area contributed by atoms with Gasteiger partial charge in [-0.3, -0.25) is 4.79 Å². The Kier molecular flexibility index (Phi) is 4.39. The molecule has 1 aromatic carbocycles. The molecule has 0 aliphatic rings. The van der Waals surface area contributed by atoms with Gasteiger partial charge in [-0.25, -0.2) is 4.98 Å². The summed E-state index contributed by atoms with van der Waals surface area (Å²) < 4.78 is 1.80. The lowest BCUT2D eigenvalue weighted by Crippen LogP contribution is -2.06. The van der Waals surface area contributed by atoms with Crippen LogP contribution in [0.15, 0.2) is 35.6 Å². The van der Waals surface area contributed by atoms with Crippen LogP contribution in [-0.2, 0) is 13.7 Å². The van der Waals surface area contributed by atoms with Crippen molar-refractivity contribution in [2.45, 2.75) is 18.7 Å². The van der Waals surface area contributed by atoms with Crippen molar-refractivity contribution in [2.75, 3.05) is 5.75 Å². The maximum atomic E-state index is 12.1. The van der Waals surface area contributed by atoms with E-state index in [0.29, 0.717) is 5.75 Å². The van der Waals surface area contributed by atoms with Gasteiger partial charge in [0.1, 0.15) is 0 Å². The minimum atomic E-state index is -0.0458. The van der Waals surface area contributed by atoms with Gasteiger partial charge in [-0.05, 0) is 12.5 Å². The van der Waals surface area contributed by atoms with Crippen molar-refractivity contribution in [3.05, 3.63) is 47.3 Å². The number of imidazole rings is 1. The first-order valence-electron chi connectivity index (χ1n) is 5.96. The Labute approximate surface area is 116 Å². The highest BCUT2D eigenvalue weighted by molar-refractivity contribution is 7.99. The normalized spacial score (nSPS) is 10.7. The van der Waals surface area contributed by atoms with Gasteiger partial charge >= 0.3 is 0 Å². The summed E-state index contributed by atoms with van der Waals surface area (Å²) in [5.41, 5.74) is 2.49. The molecular weight excluding hydrogens is 260 g/mol. The topological polar surface area (TPSA) is 55.1 Å². The highest BCUT2D eigenvalue weighted by Crippen LogP contribution is 2.19. The molecule has 0 fully saturated rings. The molecule has 0 amide bonds. The zero-order valence-electron chi connectivity index (χ0n) is 11.0. The average molecular weight is 276 g/mol. The monoisotopic (exact) mass is 276 g/mol. The number of benzene rings is 1. The number of rotatable bonds is 5. The fourth-order valence-corrected chi connectivity index (χ4v) is 2.65. The number of carbonyl (C=O) groups is 1. The lowest BCUT2D eigenvalue weighted by atomic mass is 10.1. The van der Waals surface area contributed by atoms with Crippen LogP contribution in [0.2, 0.25) is 0 Å². The molecule has 1 N–H and O–H groups in total. The zero-order chi connectivity index (χ0) is 13.8. The smallest absolute Gasteiger partial charge is 0.173 e. The number of aliphatic hydroxyl groups excluding tert-OH is 1. The average Bonchev–Trinajstić information content (AvgIpc) is 2.77. The Bertz CT molecular complexity index is 593. The molecule has 0 spiro atoms. The van der Waals surface area contributed by atoms with Crippen molar-refractivity contribution in [1.82, 2.24) is 9.55 Å². The Morgan fingerprint density at radius 2 is 2.16 bits per heavy atom. The van der Waals surface area contributed by atoms with E-state index in [0.717, 1.165) is 22.0 Å². The van der Waals surface area contributed by atoms with Crippen LogP contribution >= 0.6 is 11.8 Å². The molecule has 100 valence electrons. The first-order chi connectivity index (χ1) is 9.13. The zero-order valence-corrected chi connectivity index (χ0v) is 11.8. The molecule has 0 saturated heterocycles. The molecule has 1 heterocycles. The van der Waals surface area contributed by atoms with E-state index in [9.17, 15) is 4.79 Å². The van der Waals surface area contributed by atoms with E-state index in [4.69, 9.17) is 5.11 Å². The van der Waals surface area contributed by atoms with Gasteiger partial charge in [-0.2, -0.15) is 0 Å². The third kappa shape index (κ3) is 3.05. The van der Waals surface area contributed by atoms with E-state index < -0.39 is 0 Å². The van der Waals surface area contributed by atoms with Gasteiger partial charge in [-0.1, -0.05) is 36.0 Å². The van der Waals surface area contributed by atoms with Crippen LogP contribution in [0.5, 0.6) is 0 Å². The van der Waals surface area contributed by atoms with Crippen LogP contribution < -0.4 is 0 Å². The van der Waals surface area contributed by atoms with Gasteiger partial charge in [0.2, 0.25) is 0 Å². The molecule has 5 heteroatoms. The summed E-state index contributed by atoms with van der Waals surface area (Å²) in [7, 11) is 1.83. The van der Waals surface area contributed by atoms with Crippen molar-refractivity contribution in [3.8, 4) is 0 Å². The van der Waals surface area contributed by atoms with Gasteiger partial charge in [-0.15, -0.1) is 0 Å². The summed E-state index contributed by atoms with van der Waals surface area (Å²) in [5, 5.41) is 9.83. The highest BCUT2D eigenvalue weighted by atomic mass is 32.2. The van der Waals surface area contributed by atoms with Crippen molar-refractivity contribution in [3.63, 3.8) is 0 Å². The van der Waals surface area contributed by atoms with E-state index in [-0.39, 0.29) is 12.4 Å². The molecule has 0 radical (unpaired) electrons. The molecule has 19 heavy (non-hydrogen) atoms. The highest BCUT2D eigenvalue weighted by Gasteiger charge is 2.12. The number of hydrogen-bond acceptors (Lipinski definition) is 4. The van der Waals surface area contributed by atoms with Gasteiger partial charge in [0, 0.05) is 12.6 Å². The summed E-state index contributed by atoms with van der Waals surface area (Å²) in [4.78, 5) is 16.3. The van der Waals surface area contributed by atoms with E-state index in [2.05, 4.69) is 4.98 Å². The fourth-order valence-electron chi connectivity index (χ4n) is 1.80. The number of aryl methyl sites for hydroxylation is 1. The first-order valence-corrected chi connectivity index (χ1v) is 6.95. The van der Waals surface area contributed by atoms with E-state index in [1.54, 1.807) is 10.8 Å². The van der Waals surface area contributed by atoms with Crippen LogP contribution in [0.25, 0.3) is 0 Å². The minimum absolute atomic E-state index is 0.0458. The Hall–Kier alpha value is -1.59. The lowest BCUT2D eigenvalue weighted by molar-refractivity contribution is 0.102. The van der Waals surface area contributed by atoms with Crippen molar-refractivity contribution < 1.29 is 9.90 Å². The van der Waals surface area contributed by atoms with Crippen molar-refractivity contribution in [1.29, 1.82) is 0 Å². The number of nitrogens with zero attached hydrogens (tertiary/aromatic N) is 2. The number of carbonyl (C=O) groups excluding carboxylic acids is 1. The fraction of sp³-hybridized carbons (Fsp3) is 0.286. The second-order valence-electron chi connectivity index (χ2n) is 4.28. The third-order valence-electron chi connectivity index (χ3n) is 2.98. The molecule has 0 aliphatic heterocycles. The predicted molar refractivity (Wildman–Crippen MR) is 75.4 cm³/mol. The van der Waals surface area contributed by atoms with Gasteiger partial charge in [0.15, 0.2) is 10.9 Å². The number of thioether (sulfide) groups is 1. The van der Waals surface area contributed by atoms with Crippen LogP contribution in [0.3, 0.4) is 0 Å². The maximum absolute atomic E-state index is 12.1. The van der Waals surface area contributed by atoms with Gasteiger partial charge < -0.3 is 9.67 Å². The van der Waals surface area contributed by atoms with E-state index >= 15 is 0 Å². The minimum Gasteiger partial charge on any atom is -0.390 e. The first kappa shape index (κ1) is 13.8. The number of aliphatic hydroxyl groups is 1. The third-order valence-corrected chi connectivity index (χ3v) is 4.03. The summed E-state index contributed by atoms with van der Waals surface area (Å²) in [6, 6.07) is 7.57. The maximum Gasteiger partial charge on any atom is 0.173 e. The molecule has 4 nitrogen and oxygen atoms in total.